The molecule has 0 N–H and O–H groups in total. The van der Waals surface area contributed by atoms with Crippen LogP contribution in [0.25, 0.3) is 5.69 Å². The van der Waals surface area contributed by atoms with Gasteiger partial charge in [0.15, 0.2) is 5.69 Å². The Morgan fingerprint density at radius 3 is 2.21 bits per heavy atom. The molecular weight excluding hydrogens is 407 g/mol. The van der Waals surface area contributed by atoms with Gasteiger partial charge in [-0.05, 0) is 36.8 Å². The van der Waals surface area contributed by atoms with Gasteiger partial charge in [0.05, 0.1) is 11.4 Å². The summed E-state index contributed by atoms with van der Waals surface area (Å²) in [5.41, 5.74) is 3.89. The molecule has 3 rings (SSSR count). The standard InChI is InChI=1S/C22H24Cl2N4O/c1-17-21(22(29)28(26(17)2)20-6-4-3-5-7-20)25-16-18-8-10-19(11-9-18)27(14-12-23)15-13-24/h3-11,16H,12-15H2,1-2H3. The lowest BCUT2D eigenvalue weighted by Gasteiger charge is -2.22. The van der Waals surface area contributed by atoms with Gasteiger partial charge in [-0.25, -0.2) is 9.67 Å². The Morgan fingerprint density at radius 2 is 1.62 bits per heavy atom. The lowest BCUT2D eigenvalue weighted by molar-refractivity contribution is 0.630. The molecular formula is C22H24Cl2N4O. The molecule has 3 aromatic rings. The van der Waals surface area contributed by atoms with E-state index in [0.29, 0.717) is 17.4 Å². The number of anilines is 1. The summed E-state index contributed by atoms with van der Waals surface area (Å²) in [6.07, 6.45) is 1.72. The predicted octanol–water partition coefficient (Wildman–Crippen LogP) is 4.52. The fraction of sp³-hybridized carbons (Fsp3) is 0.273. The van der Waals surface area contributed by atoms with Crippen LogP contribution in [0.5, 0.6) is 0 Å². The van der Waals surface area contributed by atoms with Gasteiger partial charge in [0.1, 0.15) is 0 Å². The number of alkyl halides is 2. The summed E-state index contributed by atoms with van der Waals surface area (Å²) in [7, 11) is 1.86. The normalized spacial score (nSPS) is 11.3. The Balaban J connectivity index is 1.86. The second-order valence-electron chi connectivity index (χ2n) is 6.62. The first-order valence-corrected chi connectivity index (χ1v) is 10.5. The van der Waals surface area contributed by atoms with Crippen LogP contribution in [-0.2, 0) is 7.05 Å². The van der Waals surface area contributed by atoms with E-state index in [1.165, 1.54) is 0 Å². The van der Waals surface area contributed by atoms with E-state index in [9.17, 15) is 4.79 Å². The van der Waals surface area contributed by atoms with Crippen molar-refractivity contribution in [2.75, 3.05) is 29.7 Å². The van der Waals surface area contributed by atoms with Crippen LogP contribution in [0.4, 0.5) is 11.4 Å². The molecule has 0 atom stereocenters. The Labute approximate surface area is 180 Å². The quantitative estimate of drug-likeness (QED) is 0.389. The number of benzene rings is 2. The fourth-order valence-corrected chi connectivity index (χ4v) is 3.60. The van der Waals surface area contributed by atoms with Crippen LogP contribution in [-0.4, -0.2) is 40.4 Å². The summed E-state index contributed by atoms with van der Waals surface area (Å²) < 4.78 is 3.45. The number of hydrogen-bond donors (Lipinski definition) is 0. The maximum absolute atomic E-state index is 12.9. The molecule has 7 heteroatoms. The molecule has 0 amide bonds. The maximum Gasteiger partial charge on any atom is 0.297 e. The van der Waals surface area contributed by atoms with Crippen molar-refractivity contribution in [2.45, 2.75) is 6.92 Å². The molecule has 0 spiro atoms. The second kappa shape index (κ2) is 9.81. The molecule has 0 saturated heterocycles. The summed E-state index contributed by atoms with van der Waals surface area (Å²) in [6.45, 7) is 3.38. The average molecular weight is 431 g/mol. The summed E-state index contributed by atoms with van der Waals surface area (Å²) in [5, 5.41) is 0. The van der Waals surface area contributed by atoms with Crippen LogP contribution < -0.4 is 10.5 Å². The molecule has 0 aliphatic rings. The Hall–Kier alpha value is -2.50. The van der Waals surface area contributed by atoms with Gasteiger partial charge in [0, 0.05) is 43.8 Å². The van der Waals surface area contributed by atoms with Gasteiger partial charge < -0.3 is 4.90 Å². The molecule has 0 fully saturated rings. The van der Waals surface area contributed by atoms with E-state index in [-0.39, 0.29) is 5.56 Å². The van der Waals surface area contributed by atoms with E-state index < -0.39 is 0 Å². The molecule has 152 valence electrons. The fourth-order valence-electron chi connectivity index (χ4n) is 3.19. The van der Waals surface area contributed by atoms with Crippen molar-refractivity contribution in [3.63, 3.8) is 0 Å². The largest absolute Gasteiger partial charge is 0.369 e. The Morgan fingerprint density at radius 1 is 1.00 bits per heavy atom. The number of nitrogens with zero attached hydrogens (tertiary/aromatic N) is 4. The molecule has 0 saturated carbocycles. The predicted molar refractivity (Wildman–Crippen MR) is 123 cm³/mol. The lowest BCUT2D eigenvalue weighted by atomic mass is 10.2. The van der Waals surface area contributed by atoms with Crippen LogP contribution in [0.2, 0.25) is 0 Å². The van der Waals surface area contributed by atoms with Crippen molar-refractivity contribution < 1.29 is 0 Å². The van der Waals surface area contributed by atoms with E-state index in [2.05, 4.69) is 9.89 Å². The van der Waals surface area contributed by atoms with Gasteiger partial charge in [-0.2, -0.15) is 0 Å². The van der Waals surface area contributed by atoms with Crippen molar-refractivity contribution in [1.29, 1.82) is 0 Å². The minimum absolute atomic E-state index is 0.139. The molecule has 0 unspecified atom stereocenters. The molecule has 5 nitrogen and oxygen atoms in total. The zero-order chi connectivity index (χ0) is 20.8. The van der Waals surface area contributed by atoms with Gasteiger partial charge in [-0.1, -0.05) is 30.3 Å². The first kappa shape index (κ1) is 21.2. The Kier molecular flexibility index (Phi) is 7.18. The molecule has 0 aliphatic carbocycles. The van der Waals surface area contributed by atoms with Gasteiger partial charge in [-0.3, -0.25) is 9.48 Å². The van der Waals surface area contributed by atoms with Gasteiger partial charge in [0.2, 0.25) is 0 Å². The minimum Gasteiger partial charge on any atom is -0.369 e. The lowest BCUT2D eigenvalue weighted by Crippen LogP contribution is -2.27. The summed E-state index contributed by atoms with van der Waals surface area (Å²) in [5.74, 6) is 1.09. The number of rotatable bonds is 8. The van der Waals surface area contributed by atoms with Crippen molar-refractivity contribution in [1.82, 2.24) is 9.36 Å². The molecule has 29 heavy (non-hydrogen) atoms. The highest BCUT2D eigenvalue weighted by atomic mass is 35.5. The van der Waals surface area contributed by atoms with E-state index >= 15 is 0 Å². The third kappa shape index (κ3) is 4.74. The van der Waals surface area contributed by atoms with Gasteiger partial charge in [0.25, 0.3) is 5.56 Å². The molecule has 0 aliphatic heterocycles. The molecule has 1 heterocycles. The minimum atomic E-state index is -0.139. The maximum atomic E-state index is 12.9. The highest BCUT2D eigenvalue weighted by Crippen LogP contribution is 2.18. The monoisotopic (exact) mass is 430 g/mol. The number of aliphatic imine (C=N–C) groups is 1. The highest BCUT2D eigenvalue weighted by molar-refractivity contribution is 6.18. The summed E-state index contributed by atoms with van der Waals surface area (Å²) in [6, 6.07) is 17.5. The zero-order valence-corrected chi connectivity index (χ0v) is 18.1. The smallest absolute Gasteiger partial charge is 0.297 e. The first-order chi connectivity index (χ1) is 14.1. The third-order valence-corrected chi connectivity index (χ3v) is 5.17. The first-order valence-electron chi connectivity index (χ1n) is 9.42. The van der Waals surface area contributed by atoms with Crippen LogP contribution in [0.15, 0.2) is 64.4 Å². The molecule has 0 radical (unpaired) electrons. The zero-order valence-electron chi connectivity index (χ0n) is 16.6. The molecule has 2 aromatic carbocycles. The van der Waals surface area contributed by atoms with E-state index in [4.69, 9.17) is 23.2 Å². The average Bonchev–Trinajstić information content (AvgIpc) is 2.95. The number of hydrogen-bond acceptors (Lipinski definition) is 3. The SMILES string of the molecule is Cc1c(N=Cc2ccc(N(CCCl)CCCl)cc2)c(=O)n(-c2ccccc2)n1C. The van der Waals surface area contributed by atoms with Crippen LogP contribution in [0.3, 0.4) is 0 Å². The van der Waals surface area contributed by atoms with Crippen molar-refractivity contribution in [2.24, 2.45) is 12.0 Å². The van der Waals surface area contributed by atoms with E-state index in [0.717, 1.165) is 35.7 Å². The number of para-hydroxylation sites is 1. The van der Waals surface area contributed by atoms with Gasteiger partial charge >= 0.3 is 0 Å². The summed E-state index contributed by atoms with van der Waals surface area (Å²) in [4.78, 5) is 19.6. The van der Waals surface area contributed by atoms with E-state index in [1.807, 2.05) is 73.3 Å². The van der Waals surface area contributed by atoms with Crippen molar-refractivity contribution in [3.05, 3.63) is 76.2 Å². The molecule has 0 bridgehead atoms. The van der Waals surface area contributed by atoms with Crippen LogP contribution >= 0.6 is 23.2 Å². The van der Waals surface area contributed by atoms with E-state index in [1.54, 1.807) is 10.9 Å². The molecule has 1 aromatic heterocycles. The van der Waals surface area contributed by atoms with Crippen LogP contribution in [0, 0.1) is 6.92 Å². The number of halogens is 2. The van der Waals surface area contributed by atoms with Crippen molar-refractivity contribution in [3.8, 4) is 5.69 Å². The highest BCUT2D eigenvalue weighted by Gasteiger charge is 2.15. The second-order valence-corrected chi connectivity index (χ2v) is 7.38. The number of aromatic nitrogens is 2. The van der Waals surface area contributed by atoms with Crippen LogP contribution in [0.1, 0.15) is 11.3 Å². The van der Waals surface area contributed by atoms with Crippen molar-refractivity contribution >= 4 is 40.8 Å². The Bertz CT molecular complexity index is 1020. The topological polar surface area (TPSA) is 42.5 Å². The summed E-state index contributed by atoms with van der Waals surface area (Å²) >= 11 is 11.8. The van der Waals surface area contributed by atoms with Gasteiger partial charge in [-0.15, -0.1) is 23.2 Å². The third-order valence-electron chi connectivity index (χ3n) is 4.83.